The fourth-order valence-electron chi connectivity index (χ4n) is 2.80. The van der Waals surface area contributed by atoms with Crippen LogP contribution in [0.15, 0.2) is 49.1 Å². The maximum Gasteiger partial charge on any atom is 0.0946 e. The van der Waals surface area contributed by atoms with Gasteiger partial charge in [-0.3, -0.25) is 0 Å². The molecule has 0 saturated carbocycles. The second-order valence-corrected chi connectivity index (χ2v) is 9.26. The molecule has 2 heterocycles. The Hall–Kier alpha value is -0.870. The molecular weight excluding hydrogens is 296 g/mol. The van der Waals surface area contributed by atoms with Crippen LogP contribution in [-0.2, 0) is 13.0 Å². The predicted octanol–water partition coefficient (Wildman–Crippen LogP) is 4.47. The van der Waals surface area contributed by atoms with E-state index in [0.29, 0.717) is 0 Å². The topological polar surface area (TPSA) is 17.8 Å². The Morgan fingerprint density at radius 1 is 1.33 bits per heavy atom. The Kier molecular flexibility index (Phi) is 4.96. The molecule has 0 aliphatic carbocycles. The van der Waals surface area contributed by atoms with Crippen LogP contribution in [0.2, 0.25) is 0 Å². The average Bonchev–Trinajstić information content (AvgIpc) is 2.99. The van der Waals surface area contributed by atoms with Crippen molar-refractivity contribution in [2.45, 2.75) is 42.1 Å². The van der Waals surface area contributed by atoms with Gasteiger partial charge in [-0.25, -0.2) is 4.98 Å². The summed E-state index contributed by atoms with van der Waals surface area (Å²) in [5.41, 5.74) is 1.45. The van der Waals surface area contributed by atoms with Crippen LogP contribution in [0.1, 0.15) is 25.3 Å². The van der Waals surface area contributed by atoms with E-state index in [9.17, 15) is 0 Å². The molecule has 0 amide bonds. The monoisotopic (exact) mass is 318 g/mol. The van der Waals surface area contributed by atoms with Crippen LogP contribution in [0.3, 0.4) is 0 Å². The maximum atomic E-state index is 4.20. The number of thioether (sulfide) groups is 2. The molecule has 112 valence electrons. The molecule has 1 aromatic heterocycles. The smallest absolute Gasteiger partial charge is 0.0946 e. The van der Waals surface area contributed by atoms with Crippen LogP contribution < -0.4 is 0 Å². The molecule has 1 aliphatic heterocycles. The summed E-state index contributed by atoms with van der Waals surface area (Å²) >= 11 is 4.31. The largest absolute Gasteiger partial charge is 0.335 e. The number of hydrogen-bond donors (Lipinski definition) is 0. The standard InChI is InChI=1S/C17H22N2S2/c1-15-8-12-20-17(21-15,13-19-11-10-18-14-19)9-7-16-5-3-2-4-6-16/h2-6,10-11,14-15H,7-9,12-13H2,1H3. The van der Waals surface area contributed by atoms with Gasteiger partial charge in [0.2, 0.25) is 0 Å². The summed E-state index contributed by atoms with van der Waals surface area (Å²) in [5.74, 6) is 1.28. The van der Waals surface area contributed by atoms with Crippen molar-refractivity contribution < 1.29 is 0 Å². The van der Waals surface area contributed by atoms with Gasteiger partial charge in [-0.2, -0.15) is 0 Å². The minimum Gasteiger partial charge on any atom is -0.335 e. The van der Waals surface area contributed by atoms with Crippen LogP contribution in [0, 0.1) is 0 Å². The molecule has 1 saturated heterocycles. The van der Waals surface area contributed by atoms with Gasteiger partial charge < -0.3 is 4.57 Å². The van der Waals surface area contributed by atoms with E-state index in [1.165, 1.54) is 24.2 Å². The number of nitrogens with zero attached hydrogens (tertiary/aromatic N) is 2. The van der Waals surface area contributed by atoms with Crippen LogP contribution in [0.25, 0.3) is 0 Å². The molecular formula is C17H22N2S2. The molecule has 0 spiro atoms. The van der Waals surface area contributed by atoms with E-state index >= 15 is 0 Å². The highest BCUT2D eigenvalue weighted by atomic mass is 32.2. The lowest BCUT2D eigenvalue weighted by atomic mass is 10.1. The van der Waals surface area contributed by atoms with E-state index in [2.05, 4.69) is 76.5 Å². The summed E-state index contributed by atoms with van der Waals surface area (Å²) in [7, 11) is 0. The van der Waals surface area contributed by atoms with Crippen molar-refractivity contribution in [3.63, 3.8) is 0 Å². The molecule has 3 rings (SSSR count). The second-order valence-electron chi connectivity index (χ2n) is 5.70. The van der Waals surface area contributed by atoms with Crippen molar-refractivity contribution >= 4 is 23.5 Å². The zero-order chi connectivity index (χ0) is 14.5. The molecule has 2 aromatic rings. The fraction of sp³-hybridized carbons (Fsp3) is 0.471. The number of rotatable bonds is 5. The van der Waals surface area contributed by atoms with E-state index in [4.69, 9.17) is 0 Å². The van der Waals surface area contributed by atoms with Crippen LogP contribution in [0.4, 0.5) is 0 Å². The summed E-state index contributed by atoms with van der Waals surface area (Å²) in [6.07, 6.45) is 9.62. The summed E-state index contributed by atoms with van der Waals surface area (Å²) in [6.45, 7) is 3.43. The Morgan fingerprint density at radius 3 is 2.90 bits per heavy atom. The van der Waals surface area contributed by atoms with Crippen molar-refractivity contribution in [1.82, 2.24) is 9.55 Å². The molecule has 0 N–H and O–H groups in total. The minimum absolute atomic E-state index is 0.286. The quantitative estimate of drug-likeness (QED) is 0.810. The predicted molar refractivity (Wildman–Crippen MR) is 93.8 cm³/mol. The van der Waals surface area contributed by atoms with Crippen molar-refractivity contribution in [2.24, 2.45) is 0 Å². The van der Waals surface area contributed by atoms with Crippen molar-refractivity contribution in [1.29, 1.82) is 0 Å². The lowest BCUT2D eigenvalue weighted by Gasteiger charge is -2.39. The first-order chi connectivity index (χ1) is 10.3. The van der Waals surface area contributed by atoms with Crippen LogP contribution in [0.5, 0.6) is 0 Å². The van der Waals surface area contributed by atoms with E-state index in [-0.39, 0.29) is 4.08 Å². The first-order valence-electron chi connectivity index (χ1n) is 7.57. The third kappa shape index (κ3) is 4.07. The van der Waals surface area contributed by atoms with Gasteiger partial charge in [0.15, 0.2) is 0 Å². The molecule has 2 atom stereocenters. The Bertz CT molecular complexity index is 541. The van der Waals surface area contributed by atoms with Gasteiger partial charge in [-0.1, -0.05) is 37.3 Å². The third-order valence-electron chi connectivity index (χ3n) is 3.93. The highest BCUT2D eigenvalue weighted by Crippen LogP contribution is 2.49. The minimum atomic E-state index is 0.286. The fourth-order valence-corrected chi connectivity index (χ4v) is 6.71. The van der Waals surface area contributed by atoms with Gasteiger partial charge >= 0.3 is 0 Å². The normalized spacial score (nSPS) is 25.9. The zero-order valence-corrected chi connectivity index (χ0v) is 14.1. The molecule has 21 heavy (non-hydrogen) atoms. The Morgan fingerprint density at radius 2 is 2.19 bits per heavy atom. The number of aryl methyl sites for hydroxylation is 1. The highest BCUT2D eigenvalue weighted by Gasteiger charge is 2.36. The number of benzene rings is 1. The summed E-state index contributed by atoms with van der Waals surface area (Å²) in [4.78, 5) is 4.20. The van der Waals surface area contributed by atoms with E-state index < -0.39 is 0 Å². The molecule has 0 radical (unpaired) electrons. The zero-order valence-electron chi connectivity index (χ0n) is 12.4. The molecule has 2 nitrogen and oxygen atoms in total. The van der Waals surface area contributed by atoms with E-state index in [1.807, 2.05) is 12.5 Å². The summed E-state index contributed by atoms with van der Waals surface area (Å²) < 4.78 is 2.53. The van der Waals surface area contributed by atoms with Gasteiger partial charge in [0.1, 0.15) is 0 Å². The number of hydrogen-bond acceptors (Lipinski definition) is 3. The maximum absolute atomic E-state index is 4.20. The molecule has 1 aliphatic rings. The van der Waals surface area contributed by atoms with Gasteiger partial charge in [-0.15, -0.1) is 23.5 Å². The van der Waals surface area contributed by atoms with Gasteiger partial charge in [0.25, 0.3) is 0 Å². The third-order valence-corrected chi connectivity index (χ3v) is 7.27. The van der Waals surface area contributed by atoms with Crippen molar-refractivity contribution in [2.75, 3.05) is 5.75 Å². The molecule has 1 fully saturated rings. The van der Waals surface area contributed by atoms with Crippen LogP contribution >= 0.6 is 23.5 Å². The molecule has 1 aromatic carbocycles. The average molecular weight is 319 g/mol. The van der Waals surface area contributed by atoms with Gasteiger partial charge in [-0.05, 0) is 30.6 Å². The SMILES string of the molecule is CC1CCSC(CCc2ccccc2)(Cn2ccnc2)S1. The first kappa shape index (κ1) is 15.0. The lowest BCUT2D eigenvalue weighted by molar-refractivity contribution is 0.581. The molecule has 2 unspecified atom stereocenters. The first-order valence-corrected chi connectivity index (χ1v) is 9.44. The number of aromatic nitrogens is 2. The Balaban J connectivity index is 1.72. The molecule has 0 bridgehead atoms. The van der Waals surface area contributed by atoms with Crippen molar-refractivity contribution in [3.8, 4) is 0 Å². The van der Waals surface area contributed by atoms with Crippen LogP contribution in [-0.4, -0.2) is 24.6 Å². The number of imidazole rings is 1. The Labute approximate surface area is 135 Å². The van der Waals surface area contributed by atoms with E-state index in [1.54, 1.807) is 0 Å². The van der Waals surface area contributed by atoms with Gasteiger partial charge in [0.05, 0.1) is 10.4 Å². The summed E-state index contributed by atoms with van der Waals surface area (Å²) in [5, 5.41) is 0.755. The molecule has 4 heteroatoms. The van der Waals surface area contributed by atoms with Gasteiger partial charge in [0, 0.05) is 24.2 Å². The highest BCUT2D eigenvalue weighted by molar-refractivity contribution is 8.19. The second kappa shape index (κ2) is 6.93. The van der Waals surface area contributed by atoms with E-state index in [0.717, 1.165) is 18.2 Å². The van der Waals surface area contributed by atoms with Crippen molar-refractivity contribution in [3.05, 3.63) is 54.6 Å². The lowest BCUT2D eigenvalue weighted by Crippen LogP contribution is -2.33. The summed E-state index contributed by atoms with van der Waals surface area (Å²) in [6, 6.07) is 10.9.